The summed E-state index contributed by atoms with van der Waals surface area (Å²) in [6.07, 6.45) is -4.53. The van der Waals surface area contributed by atoms with E-state index in [1.54, 1.807) is 30.3 Å². The molecule has 0 aliphatic rings. The van der Waals surface area contributed by atoms with E-state index in [9.17, 15) is 13.2 Å². The van der Waals surface area contributed by atoms with Gasteiger partial charge in [-0.05, 0) is 18.2 Å². The monoisotopic (exact) mass is 264 g/mol. The first kappa shape index (κ1) is 12.9. The molecular weight excluding hydrogens is 255 g/mol. The quantitative estimate of drug-likeness (QED) is 0.781. The van der Waals surface area contributed by atoms with E-state index in [0.29, 0.717) is 5.69 Å². The number of para-hydroxylation sites is 1. The molecule has 0 amide bonds. The van der Waals surface area contributed by atoms with E-state index in [1.165, 1.54) is 12.1 Å². The Morgan fingerprint density at radius 1 is 1.00 bits per heavy atom. The lowest BCUT2D eigenvalue weighted by Gasteiger charge is -2.13. The molecule has 2 aromatic rings. The average molecular weight is 264 g/mol. The van der Waals surface area contributed by atoms with Gasteiger partial charge in [-0.3, -0.25) is 0 Å². The van der Waals surface area contributed by atoms with Crippen molar-refractivity contribution in [1.82, 2.24) is 0 Å². The van der Waals surface area contributed by atoms with Crippen molar-refractivity contribution in [1.29, 1.82) is 5.39 Å². The molecule has 3 nitrogen and oxygen atoms in total. The second-order valence-corrected chi connectivity index (χ2v) is 3.82. The van der Waals surface area contributed by atoms with Crippen molar-refractivity contribution in [3.63, 3.8) is 0 Å². The Morgan fingerprint density at radius 3 is 2.26 bits per heavy atom. The molecule has 0 unspecified atom stereocenters. The SMILES string of the molecule is N#[N+]c1ccc(Nc2ccccc2)c(C(F)(F)F)c1. The molecule has 0 aliphatic carbocycles. The lowest BCUT2D eigenvalue weighted by molar-refractivity contribution is -0.136. The number of hydrogen-bond donors (Lipinski definition) is 1. The molecule has 19 heavy (non-hydrogen) atoms. The average Bonchev–Trinajstić information content (AvgIpc) is 2.39. The fraction of sp³-hybridized carbons (Fsp3) is 0.0769. The fourth-order valence-electron chi connectivity index (χ4n) is 1.61. The van der Waals surface area contributed by atoms with Crippen LogP contribution in [0.15, 0.2) is 48.5 Å². The summed E-state index contributed by atoms with van der Waals surface area (Å²) in [6, 6.07) is 11.8. The van der Waals surface area contributed by atoms with Crippen LogP contribution in [0.25, 0.3) is 4.98 Å². The molecule has 0 saturated carbocycles. The number of alkyl halides is 3. The summed E-state index contributed by atoms with van der Waals surface area (Å²) in [5.74, 6) is 0. The van der Waals surface area contributed by atoms with Crippen LogP contribution < -0.4 is 5.32 Å². The third-order valence-corrected chi connectivity index (χ3v) is 2.48. The Hall–Kier alpha value is -2.55. The van der Waals surface area contributed by atoms with E-state index < -0.39 is 11.7 Å². The van der Waals surface area contributed by atoms with Gasteiger partial charge in [-0.15, -0.1) is 0 Å². The van der Waals surface area contributed by atoms with Gasteiger partial charge in [0.1, 0.15) is 0 Å². The molecule has 96 valence electrons. The van der Waals surface area contributed by atoms with Crippen molar-refractivity contribution in [3.8, 4) is 0 Å². The van der Waals surface area contributed by atoms with Crippen LogP contribution in [0.1, 0.15) is 5.56 Å². The second-order valence-electron chi connectivity index (χ2n) is 3.82. The number of nitrogens with zero attached hydrogens (tertiary/aromatic N) is 2. The van der Waals surface area contributed by atoms with Crippen molar-refractivity contribution in [3.05, 3.63) is 59.1 Å². The molecule has 2 aromatic carbocycles. The standard InChI is InChI=1S/C13H9F3N3/c14-13(15,16)11-8-10(19-17)6-7-12(11)18-9-4-2-1-3-5-9/h1-8,18H/q+1. The lowest BCUT2D eigenvalue weighted by Crippen LogP contribution is -2.08. The Bertz CT molecular complexity index is 615. The largest absolute Gasteiger partial charge is 0.418 e. The second kappa shape index (κ2) is 4.98. The normalized spacial score (nSPS) is 10.8. The van der Waals surface area contributed by atoms with Gasteiger partial charge in [0.15, 0.2) is 4.98 Å². The summed E-state index contributed by atoms with van der Waals surface area (Å²) in [6.45, 7) is 0. The maximum absolute atomic E-state index is 12.9. The fourth-order valence-corrected chi connectivity index (χ4v) is 1.61. The molecule has 0 aliphatic heterocycles. The van der Waals surface area contributed by atoms with Crippen LogP contribution in [-0.2, 0) is 6.18 Å². The number of anilines is 2. The summed E-state index contributed by atoms with van der Waals surface area (Å²) < 4.78 is 38.7. The number of diazo groups is 1. The van der Waals surface area contributed by atoms with Crippen LogP contribution in [0.3, 0.4) is 0 Å². The summed E-state index contributed by atoms with van der Waals surface area (Å²) in [5, 5.41) is 11.2. The molecule has 1 N–H and O–H groups in total. The summed E-state index contributed by atoms with van der Waals surface area (Å²) in [7, 11) is 0. The van der Waals surface area contributed by atoms with Gasteiger partial charge in [-0.1, -0.05) is 18.2 Å². The highest BCUT2D eigenvalue weighted by Gasteiger charge is 2.35. The van der Waals surface area contributed by atoms with Crippen LogP contribution in [0.5, 0.6) is 0 Å². The predicted molar refractivity (Wildman–Crippen MR) is 65.9 cm³/mol. The number of halogens is 3. The highest BCUT2D eigenvalue weighted by Crippen LogP contribution is 2.38. The highest BCUT2D eigenvalue weighted by molar-refractivity contribution is 5.67. The predicted octanol–water partition coefficient (Wildman–Crippen LogP) is 4.93. The van der Waals surface area contributed by atoms with Crippen LogP contribution in [0.4, 0.5) is 30.2 Å². The first-order valence-corrected chi connectivity index (χ1v) is 5.39. The molecule has 0 aromatic heterocycles. The van der Waals surface area contributed by atoms with Gasteiger partial charge >= 0.3 is 11.9 Å². The zero-order valence-corrected chi connectivity index (χ0v) is 9.65. The third kappa shape index (κ3) is 3.01. The maximum atomic E-state index is 12.9. The van der Waals surface area contributed by atoms with Gasteiger partial charge in [0.2, 0.25) is 5.39 Å². The van der Waals surface area contributed by atoms with Crippen molar-refractivity contribution in [2.75, 3.05) is 5.32 Å². The van der Waals surface area contributed by atoms with Gasteiger partial charge in [0.25, 0.3) is 0 Å². The van der Waals surface area contributed by atoms with E-state index >= 15 is 0 Å². The van der Waals surface area contributed by atoms with E-state index in [0.717, 1.165) is 6.07 Å². The molecule has 0 spiro atoms. The van der Waals surface area contributed by atoms with E-state index in [-0.39, 0.29) is 11.4 Å². The van der Waals surface area contributed by atoms with Crippen LogP contribution in [0.2, 0.25) is 0 Å². The van der Waals surface area contributed by atoms with Gasteiger partial charge in [-0.2, -0.15) is 13.2 Å². The summed E-state index contributed by atoms with van der Waals surface area (Å²) >= 11 is 0. The smallest absolute Gasteiger partial charge is 0.355 e. The Balaban J connectivity index is 2.43. The molecule has 2 rings (SSSR count). The van der Waals surface area contributed by atoms with Crippen LogP contribution in [-0.4, -0.2) is 0 Å². The van der Waals surface area contributed by atoms with Crippen molar-refractivity contribution in [2.24, 2.45) is 0 Å². The van der Waals surface area contributed by atoms with E-state index in [1.807, 2.05) is 0 Å². The Morgan fingerprint density at radius 2 is 1.68 bits per heavy atom. The molecule has 0 bridgehead atoms. The maximum Gasteiger partial charge on any atom is 0.418 e. The van der Waals surface area contributed by atoms with E-state index in [4.69, 9.17) is 5.39 Å². The van der Waals surface area contributed by atoms with Crippen LogP contribution >= 0.6 is 0 Å². The first-order chi connectivity index (χ1) is 9.00. The zero-order chi connectivity index (χ0) is 13.9. The number of benzene rings is 2. The highest BCUT2D eigenvalue weighted by atomic mass is 19.4. The van der Waals surface area contributed by atoms with Gasteiger partial charge in [-0.25, -0.2) is 0 Å². The summed E-state index contributed by atoms with van der Waals surface area (Å²) in [4.78, 5) is 2.77. The third-order valence-electron chi connectivity index (χ3n) is 2.48. The van der Waals surface area contributed by atoms with Crippen LogP contribution in [0, 0.1) is 5.39 Å². The molecule has 0 fully saturated rings. The molecular formula is C13H9F3N3+. The Labute approximate surface area is 107 Å². The first-order valence-electron chi connectivity index (χ1n) is 5.39. The van der Waals surface area contributed by atoms with Crippen molar-refractivity contribution >= 4 is 17.1 Å². The molecule has 6 heteroatoms. The lowest BCUT2D eigenvalue weighted by atomic mass is 10.1. The molecule has 0 atom stereocenters. The minimum Gasteiger partial charge on any atom is -0.355 e. The molecule has 0 radical (unpaired) electrons. The molecule has 0 saturated heterocycles. The van der Waals surface area contributed by atoms with Crippen molar-refractivity contribution < 1.29 is 13.2 Å². The van der Waals surface area contributed by atoms with Crippen molar-refractivity contribution in [2.45, 2.75) is 6.18 Å². The van der Waals surface area contributed by atoms with Gasteiger partial charge in [0, 0.05) is 17.8 Å². The van der Waals surface area contributed by atoms with Gasteiger partial charge < -0.3 is 5.32 Å². The number of rotatable bonds is 2. The number of nitrogens with one attached hydrogen (secondary N) is 1. The summed E-state index contributed by atoms with van der Waals surface area (Å²) in [5.41, 5.74) is -0.578. The minimum atomic E-state index is -4.53. The number of hydrogen-bond acceptors (Lipinski definition) is 2. The Kier molecular flexibility index (Phi) is 3.38. The molecule has 0 heterocycles. The van der Waals surface area contributed by atoms with E-state index in [2.05, 4.69) is 10.3 Å². The topological polar surface area (TPSA) is 40.2 Å². The zero-order valence-electron chi connectivity index (χ0n) is 9.65. The van der Waals surface area contributed by atoms with Gasteiger partial charge in [0.05, 0.1) is 11.3 Å². The minimum absolute atomic E-state index is 0.0916.